The Balaban J connectivity index is 1.51. The van der Waals surface area contributed by atoms with Gasteiger partial charge in [0.1, 0.15) is 5.69 Å². The van der Waals surface area contributed by atoms with E-state index < -0.39 is 0 Å². The summed E-state index contributed by atoms with van der Waals surface area (Å²) in [6.07, 6.45) is 5.16. The van der Waals surface area contributed by atoms with Crippen LogP contribution in [0.25, 0.3) is 0 Å². The molecule has 3 aromatic rings. The molecule has 0 spiro atoms. The number of anilines is 1. The van der Waals surface area contributed by atoms with Gasteiger partial charge in [-0.25, -0.2) is 0 Å². The molecular weight excluding hydrogens is 380 g/mol. The molecule has 1 N–H and O–H groups in total. The van der Waals surface area contributed by atoms with Crippen LogP contribution in [-0.2, 0) is 6.54 Å². The Morgan fingerprint density at radius 1 is 1.23 bits per heavy atom. The Bertz CT molecular complexity index is 1030. The molecule has 8 heteroatoms. The van der Waals surface area contributed by atoms with Gasteiger partial charge in [0.15, 0.2) is 0 Å². The fourth-order valence-electron chi connectivity index (χ4n) is 3.94. The summed E-state index contributed by atoms with van der Waals surface area (Å²) in [4.78, 5) is 29.5. The van der Waals surface area contributed by atoms with Crippen LogP contribution in [0.2, 0.25) is 0 Å². The Kier molecular flexibility index (Phi) is 5.65. The van der Waals surface area contributed by atoms with Crippen molar-refractivity contribution in [2.45, 2.75) is 32.2 Å². The maximum atomic E-state index is 13.1. The first-order chi connectivity index (χ1) is 14.6. The summed E-state index contributed by atoms with van der Waals surface area (Å²) < 4.78 is 1.75. The third-order valence-corrected chi connectivity index (χ3v) is 5.65. The number of piperidine rings is 1. The Morgan fingerprint density at radius 2 is 2.03 bits per heavy atom. The van der Waals surface area contributed by atoms with Crippen LogP contribution in [0.4, 0.5) is 5.69 Å². The van der Waals surface area contributed by atoms with Gasteiger partial charge in [-0.3, -0.25) is 19.4 Å². The second-order valence-corrected chi connectivity index (χ2v) is 7.54. The van der Waals surface area contributed by atoms with E-state index in [0.29, 0.717) is 24.3 Å². The quantitative estimate of drug-likeness (QED) is 0.706. The van der Waals surface area contributed by atoms with Crippen LogP contribution in [0.1, 0.15) is 52.2 Å². The molecule has 30 heavy (non-hydrogen) atoms. The predicted octanol–water partition coefficient (Wildman–Crippen LogP) is 2.92. The number of carbonyl (C=O) groups excluding carboxylic acids is 2. The third-order valence-electron chi connectivity index (χ3n) is 5.65. The number of hydrogen-bond acceptors (Lipinski definition) is 4. The lowest BCUT2D eigenvalue weighted by Crippen LogP contribution is -2.40. The van der Waals surface area contributed by atoms with Crippen LogP contribution in [0.5, 0.6) is 0 Å². The van der Waals surface area contributed by atoms with Gasteiger partial charge in [0.2, 0.25) is 0 Å². The van der Waals surface area contributed by atoms with E-state index >= 15 is 0 Å². The standard InChI is InChI=1S/C22H26N6O2/c1-3-28-13-11-19(25-28)22(30)27-12-7-8-16(15-27)20-18(14-23-24-20)21(29)26(2)17-9-5-4-6-10-17/h4-6,9-11,13-14,16H,3,7-8,12,15H2,1-2H3,(H,23,24). The van der Waals surface area contributed by atoms with Crippen molar-refractivity contribution >= 4 is 17.5 Å². The molecular formula is C22H26N6O2. The summed E-state index contributed by atoms with van der Waals surface area (Å²) in [6, 6.07) is 11.3. The molecule has 0 bridgehead atoms. The molecule has 1 atom stereocenters. The third kappa shape index (κ3) is 3.85. The molecule has 4 rings (SSSR count). The Morgan fingerprint density at radius 3 is 2.77 bits per heavy atom. The smallest absolute Gasteiger partial charge is 0.274 e. The number of H-pyrrole nitrogens is 1. The zero-order valence-electron chi connectivity index (χ0n) is 17.3. The van der Waals surface area contributed by atoms with Crippen molar-refractivity contribution in [1.82, 2.24) is 24.9 Å². The molecule has 1 unspecified atom stereocenters. The molecule has 156 valence electrons. The van der Waals surface area contributed by atoms with Crippen molar-refractivity contribution in [2.75, 3.05) is 25.0 Å². The number of likely N-dealkylation sites (tertiary alicyclic amines) is 1. The van der Waals surface area contributed by atoms with Crippen LogP contribution >= 0.6 is 0 Å². The fraction of sp³-hybridized carbons (Fsp3) is 0.364. The number of nitrogens with one attached hydrogen (secondary N) is 1. The number of benzene rings is 1. The van der Waals surface area contributed by atoms with Crippen LogP contribution < -0.4 is 4.90 Å². The summed E-state index contributed by atoms with van der Waals surface area (Å²) in [5, 5.41) is 11.5. The molecule has 0 radical (unpaired) electrons. The number of aromatic amines is 1. The number of hydrogen-bond donors (Lipinski definition) is 1. The van der Waals surface area contributed by atoms with Gasteiger partial charge in [0.05, 0.1) is 17.5 Å². The second-order valence-electron chi connectivity index (χ2n) is 7.54. The highest BCUT2D eigenvalue weighted by Gasteiger charge is 2.31. The number of aromatic nitrogens is 4. The van der Waals surface area contributed by atoms with Crippen LogP contribution in [0, 0.1) is 0 Å². The largest absolute Gasteiger partial charge is 0.337 e. The van der Waals surface area contributed by atoms with Crippen molar-refractivity contribution < 1.29 is 9.59 Å². The van der Waals surface area contributed by atoms with Gasteiger partial charge in [-0.1, -0.05) is 18.2 Å². The maximum Gasteiger partial charge on any atom is 0.274 e. The van der Waals surface area contributed by atoms with Gasteiger partial charge in [-0.15, -0.1) is 0 Å². The van der Waals surface area contributed by atoms with Crippen molar-refractivity contribution in [1.29, 1.82) is 0 Å². The lowest BCUT2D eigenvalue weighted by molar-refractivity contribution is 0.0698. The summed E-state index contributed by atoms with van der Waals surface area (Å²) in [5.74, 6) is -0.155. The van der Waals surface area contributed by atoms with Crippen molar-refractivity contribution in [2.24, 2.45) is 0 Å². The lowest BCUT2D eigenvalue weighted by Gasteiger charge is -2.32. The summed E-state index contributed by atoms with van der Waals surface area (Å²) in [6.45, 7) is 3.94. The van der Waals surface area contributed by atoms with E-state index in [0.717, 1.165) is 30.8 Å². The number of rotatable bonds is 5. The van der Waals surface area contributed by atoms with Crippen LogP contribution in [-0.4, -0.2) is 56.8 Å². The highest BCUT2D eigenvalue weighted by molar-refractivity contribution is 6.06. The highest BCUT2D eigenvalue weighted by Crippen LogP contribution is 2.29. The average Bonchev–Trinajstić information content (AvgIpc) is 3.48. The fourth-order valence-corrected chi connectivity index (χ4v) is 3.94. The Hall–Kier alpha value is -3.42. The van der Waals surface area contributed by atoms with Gasteiger partial charge in [0, 0.05) is 44.5 Å². The predicted molar refractivity (Wildman–Crippen MR) is 114 cm³/mol. The molecule has 2 amide bonds. The van der Waals surface area contributed by atoms with E-state index in [4.69, 9.17) is 0 Å². The van der Waals surface area contributed by atoms with E-state index in [1.807, 2.05) is 48.4 Å². The number of para-hydroxylation sites is 1. The average molecular weight is 406 g/mol. The maximum absolute atomic E-state index is 13.1. The van der Waals surface area contributed by atoms with E-state index in [2.05, 4.69) is 15.3 Å². The topological polar surface area (TPSA) is 87.1 Å². The first kappa shape index (κ1) is 19.9. The van der Waals surface area contributed by atoms with Crippen LogP contribution in [0.3, 0.4) is 0 Å². The first-order valence-electron chi connectivity index (χ1n) is 10.3. The minimum absolute atomic E-state index is 0.0292. The van der Waals surface area contributed by atoms with Crippen LogP contribution in [0.15, 0.2) is 48.8 Å². The highest BCUT2D eigenvalue weighted by atomic mass is 16.2. The molecule has 3 heterocycles. The molecule has 0 aliphatic carbocycles. The van der Waals surface area contributed by atoms with E-state index in [1.165, 1.54) is 0 Å². The minimum atomic E-state index is -0.116. The van der Waals surface area contributed by atoms with Gasteiger partial charge >= 0.3 is 0 Å². The minimum Gasteiger partial charge on any atom is -0.337 e. The van der Waals surface area contributed by atoms with Gasteiger partial charge in [-0.2, -0.15) is 10.2 Å². The van der Waals surface area contributed by atoms with Crippen molar-refractivity contribution in [3.63, 3.8) is 0 Å². The summed E-state index contributed by atoms with van der Waals surface area (Å²) in [7, 11) is 1.76. The SMILES string of the molecule is CCn1ccc(C(=O)N2CCCC(c3[nH]ncc3C(=O)N(C)c3ccccc3)C2)n1. The van der Waals surface area contributed by atoms with Gasteiger partial charge < -0.3 is 9.80 Å². The first-order valence-corrected chi connectivity index (χ1v) is 10.3. The van der Waals surface area contributed by atoms with Crippen molar-refractivity contribution in [3.05, 3.63) is 65.7 Å². The molecule has 1 saturated heterocycles. The number of aryl methyl sites for hydroxylation is 1. The zero-order valence-corrected chi connectivity index (χ0v) is 17.3. The van der Waals surface area contributed by atoms with Crippen molar-refractivity contribution in [3.8, 4) is 0 Å². The normalized spacial score (nSPS) is 16.5. The monoisotopic (exact) mass is 406 g/mol. The zero-order chi connectivity index (χ0) is 21.1. The molecule has 2 aromatic heterocycles. The Labute approximate surface area is 175 Å². The number of carbonyl (C=O) groups is 2. The molecule has 1 aliphatic rings. The van der Waals surface area contributed by atoms with Gasteiger partial charge in [0.25, 0.3) is 11.8 Å². The number of amides is 2. The lowest BCUT2D eigenvalue weighted by atomic mass is 9.92. The molecule has 1 aromatic carbocycles. The van der Waals surface area contributed by atoms with E-state index in [-0.39, 0.29) is 17.7 Å². The van der Waals surface area contributed by atoms with E-state index in [1.54, 1.807) is 28.9 Å². The second kappa shape index (κ2) is 8.52. The molecule has 8 nitrogen and oxygen atoms in total. The van der Waals surface area contributed by atoms with E-state index in [9.17, 15) is 9.59 Å². The number of nitrogens with zero attached hydrogens (tertiary/aromatic N) is 5. The summed E-state index contributed by atoms with van der Waals surface area (Å²) in [5.41, 5.74) is 2.62. The summed E-state index contributed by atoms with van der Waals surface area (Å²) >= 11 is 0. The molecule has 0 saturated carbocycles. The van der Waals surface area contributed by atoms with Gasteiger partial charge in [-0.05, 0) is 38.0 Å². The molecule has 1 fully saturated rings. The molecule has 1 aliphatic heterocycles.